The molecule has 12 heteroatoms. The number of benzene rings is 4. The van der Waals surface area contributed by atoms with Crippen molar-refractivity contribution in [2.75, 3.05) is 46.6 Å². The van der Waals surface area contributed by atoms with Crippen LogP contribution in [0, 0.1) is 0 Å². The van der Waals surface area contributed by atoms with E-state index >= 15 is 0 Å². The number of methoxy groups -OCH3 is 1. The van der Waals surface area contributed by atoms with E-state index in [0.717, 1.165) is 63.4 Å². The number of imidazole rings is 2. The molecule has 2 saturated heterocycles. The molecule has 4 aromatic carbocycles. The number of carbonyl (C=O) groups is 2. The number of rotatable bonds is 8. The van der Waals surface area contributed by atoms with E-state index in [2.05, 4.69) is 91.2 Å². The molecule has 6 aromatic rings. The highest BCUT2D eigenvalue weighted by Crippen LogP contribution is 2.32. The van der Waals surface area contributed by atoms with Gasteiger partial charge in [-0.25, -0.2) is 14.8 Å². The summed E-state index contributed by atoms with van der Waals surface area (Å²) in [4.78, 5) is 44.0. The van der Waals surface area contributed by atoms with Crippen molar-refractivity contribution in [1.82, 2.24) is 35.5 Å². The Bertz CT molecular complexity index is 2180. The molecule has 12 nitrogen and oxygen atoms in total. The van der Waals surface area contributed by atoms with E-state index in [9.17, 15) is 9.59 Å². The van der Waals surface area contributed by atoms with Gasteiger partial charge in [-0.2, -0.15) is 0 Å². The third kappa shape index (κ3) is 6.91. The van der Waals surface area contributed by atoms with E-state index in [1.165, 1.54) is 7.11 Å². The summed E-state index contributed by atoms with van der Waals surface area (Å²) in [5.74, 6) is 1.23. The summed E-state index contributed by atoms with van der Waals surface area (Å²) >= 11 is 0. The monoisotopic (exact) mass is 697 g/mol. The van der Waals surface area contributed by atoms with E-state index in [4.69, 9.17) is 14.2 Å². The first-order valence-corrected chi connectivity index (χ1v) is 17.4. The predicted molar refractivity (Wildman–Crippen MR) is 196 cm³/mol. The number of amides is 2. The van der Waals surface area contributed by atoms with Crippen molar-refractivity contribution < 1.29 is 23.8 Å². The lowest BCUT2D eigenvalue weighted by molar-refractivity contribution is -0.143. The molecule has 2 aliphatic heterocycles. The van der Waals surface area contributed by atoms with E-state index < -0.39 is 18.2 Å². The van der Waals surface area contributed by atoms with E-state index in [1.54, 1.807) is 23.2 Å². The highest BCUT2D eigenvalue weighted by Gasteiger charge is 2.36. The largest absolute Gasteiger partial charge is 0.453 e. The number of carbonyl (C=O) groups excluding carboxylic acids is 2. The lowest BCUT2D eigenvalue weighted by atomic mass is 9.98. The maximum Gasteiger partial charge on any atom is 0.407 e. The number of hydrogen-bond acceptors (Lipinski definition) is 8. The van der Waals surface area contributed by atoms with Gasteiger partial charge in [-0.15, -0.1) is 0 Å². The van der Waals surface area contributed by atoms with Gasteiger partial charge in [0.15, 0.2) is 0 Å². The molecule has 4 heterocycles. The Morgan fingerprint density at radius 1 is 0.788 bits per heavy atom. The number of hydrogen-bond donors (Lipinski definition) is 4. The topological polar surface area (TPSA) is 146 Å². The number of ether oxygens (including phenoxy) is 3. The second-order valence-corrected chi connectivity index (χ2v) is 12.9. The van der Waals surface area contributed by atoms with Crippen LogP contribution in [0.2, 0.25) is 0 Å². The molecule has 264 valence electrons. The zero-order valence-corrected chi connectivity index (χ0v) is 28.7. The van der Waals surface area contributed by atoms with Gasteiger partial charge in [0.25, 0.3) is 5.91 Å². The molecule has 0 saturated carbocycles. The summed E-state index contributed by atoms with van der Waals surface area (Å²) in [6.07, 6.45) is 2.98. The first-order chi connectivity index (χ1) is 25.5. The normalized spacial score (nSPS) is 18.2. The van der Waals surface area contributed by atoms with Crippen LogP contribution in [0.5, 0.6) is 0 Å². The average molecular weight is 698 g/mol. The molecule has 0 aliphatic carbocycles. The highest BCUT2D eigenvalue weighted by molar-refractivity contribution is 5.91. The molecule has 2 aliphatic rings. The van der Waals surface area contributed by atoms with Crippen LogP contribution in [0.25, 0.3) is 44.4 Å². The minimum atomic E-state index is -0.919. The Kier molecular flexibility index (Phi) is 9.49. The highest BCUT2D eigenvalue weighted by atomic mass is 16.5. The van der Waals surface area contributed by atoms with Gasteiger partial charge in [0.1, 0.15) is 23.7 Å². The van der Waals surface area contributed by atoms with Crippen LogP contribution in [0.15, 0.2) is 103 Å². The Labute approximate surface area is 300 Å². The van der Waals surface area contributed by atoms with Gasteiger partial charge >= 0.3 is 6.09 Å². The van der Waals surface area contributed by atoms with Crippen molar-refractivity contribution in [2.45, 2.75) is 18.1 Å². The lowest BCUT2D eigenvalue weighted by Crippen LogP contribution is -2.49. The number of alkyl carbamates (subject to hydrolysis) is 1. The maximum absolute atomic E-state index is 14.0. The van der Waals surface area contributed by atoms with Crippen molar-refractivity contribution in [3.63, 3.8) is 0 Å². The average Bonchev–Trinajstić information content (AvgIpc) is 3.92. The SMILES string of the molecule is COC(=O)N[C@@H](C(=O)N1CCOC[C@H]1c1ncc(-c2ccc(-c3ccc4cc(-c5cnc([C@@H]6COCCN6)[nH]5)ccc4c3)cc2)[nH]1)c1ccccc1. The molecule has 0 spiro atoms. The standard InChI is InChI=1S/C40H39N7O5/c1-50-40(49)46-36(27-5-3-2-4-6-27)39(48)47-16-18-52-24-35(47)38-43-21-32(45-38)26-9-7-25(8-10-26)28-11-12-30-20-31(14-13-29(30)19-28)33-22-42-37(44-33)34-23-51-17-15-41-34/h2-14,19-22,34-36,41H,15-18,23-24H2,1H3,(H,42,44)(H,43,45)(H,46,49)/t34-,35-,36+/m0/s1. The second kappa shape index (κ2) is 14.8. The zero-order chi connectivity index (χ0) is 35.4. The second-order valence-electron chi connectivity index (χ2n) is 12.9. The van der Waals surface area contributed by atoms with Crippen LogP contribution in [0.3, 0.4) is 0 Å². The van der Waals surface area contributed by atoms with Crippen LogP contribution in [0.4, 0.5) is 4.79 Å². The summed E-state index contributed by atoms with van der Waals surface area (Å²) in [6.45, 7) is 3.17. The number of nitrogens with zero attached hydrogens (tertiary/aromatic N) is 3. The minimum absolute atomic E-state index is 0.0798. The first-order valence-electron chi connectivity index (χ1n) is 17.4. The molecule has 2 amide bonds. The fourth-order valence-electron chi connectivity index (χ4n) is 6.86. The molecule has 0 radical (unpaired) electrons. The van der Waals surface area contributed by atoms with Gasteiger partial charge in [0, 0.05) is 18.7 Å². The van der Waals surface area contributed by atoms with Crippen LogP contribution in [-0.4, -0.2) is 83.5 Å². The summed E-state index contributed by atoms with van der Waals surface area (Å²) in [7, 11) is 1.28. The van der Waals surface area contributed by atoms with Gasteiger partial charge < -0.3 is 39.7 Å². The van der Waals surface area contributed by atoms with Crippen LogP contribution < -0.4 is 10.6 Å². The summed E-state index contributed by atoms with van der Waals surface area (Å²) in [5, 5.41) is 8.44. The maximum atomic E-state index is 14.0. The van der Waals surface area contributed by atoms with E-state index in [0.29, 0.717) is 31.1 Å². The molecule has 2 fully saturated rings. The van der Waals surface area contributed by atoms with Crippen molar-refractivity contribution >= 4 is 22.8 Å². The van der Waals surface area contributed by atoms with Gasteiger partial charge in [-0.1, -0.05) is 78.9 Å². The fourth-order valence-corrected chi connectivity index (χ4v) is 6.86. The number of aromatic nitrogens is 4. The summed E-state index contributed by atoms with van der Waals surface area (Å²) in [6, 6.07) is 29.1. The van der Waals surface area contributed by atoms with E-state index in [-0.39, 0.29) is 18.6 Å². The smallest absolute Gasteiger partial charge is 0.407 e. The van der Waals surface area contributed by atoms with Crippen LogP contribution >= 0.6 is 0 Å². The number of fused-ring (bicyclic) bond motifs is 1. The Morgan fingerprint density at radius 3 is 2.19 bits per heavy atom. The number of H-pyrrole nitrogens is 2. The first kappa shape index (κ1) is 33.3. The predicted octanol–water partition coefficient (Wildman–Crippen LogP) is 5.95. The number of morpholine rings is 2. The number of nitrogens with one attached hydrogen (secondary N) is 4. The summed E-state index contributed by atoms with van der Waals surface area (Å²) in [5.41, 5.74) is 6.72. The third-order valence-electron chi connectivity index (χ3n) is 9.68. The van der Waals surface area contributed by atoms with E-state index in [1.807, 2.05) is 24.4 Å². The Balaban J connectivity index is 0.977. The van der Waals surface area contributed by atoms with Crippen molar-refractivity contribution in [1.29, 1.82) is 0 Å². The Morgan fingerprint density at radius 2 is 1.44 bits per heavy atom. The molecule has 52 heavy (non-hydrogen) atoms. The molecule has 0 bridgehead atoms. The molecule has 0 unspecified atom stereocenters. The van der Waals surface area contributed by atoms with Gasteiger partial charge in [0.2, 0.25) is 0 Å². The quantitative estimate of drug-likeness (QED) is 0.153. The fraction of sp³-hybridized carbons (Fsp3) is 0.250. The van der Waals surface area contributed by atoms with Gasteiger partial charge in [-0.3, -0.25) is 4.79 Å². The van der Waals surface area contributed by atoms with Gasteiger partial charge in [0.05, 0.1) is 63.4 Å². The molecule has 4 N–H and O–H groups in total. The molecule has 8 rings (SSSR count). The molecular formula is C40H39N7O5. The van der Waals surface area contributed by atoms with Crippen LogP contribution in [-0.2, 0) is 19.0 Å². The van der Waals surface area contributed by atoms with Crippen molar-refractivity contribution in [3.05, 3.63) is 121 Å². The Hall–Kier alpha value is -5.82. The molecule has 3 atom stereocenters. The van der Waals surface area contributed by atoms with Gasteiger partial charge in [-0.05, 0) is 45.2 Å². The lowest BCUT2D eigenvalue weighted by Gasteiger charge is -2.36. The van der Waals surface area contributed by atoms with Crippen LogP contribution in [0.1, 0.15) is 35.3 Å². The van der Waals surface area contributed by atoms with Crippen molar-refractivity contribution in [3.8, 4) is 33.6 Å². The van der Waals surface area contributed by atoms with Crippen molar-refractivity contribution in [2.24, 2.45) is 0 Å². The third-order valence-corrected chi connectivity index (χ3v) is 9.68. The summed E-state index contributed by atoms with van der Waals surface area (Å²) < 4.78 is 16.2. The minimum Gasteiger partial charge on any atom is -0.453 e. The number of aromatic amines is 2. The zero-order valence-electron chi connectivity index (χ0n) is 28.7. The molecular weight excluding hydrogens is 658 g/mol. The molecule has 2 aromatic heterocycles.